The van der Waals surface area contributed by atoms with E-state index in [0.717, 1.165) is 40.3 Å². The summed E-state index contributed by atoms with van der Waals surface area (Å²) in [7, 11) is 0. The normalized spacial score (nSPS) is 14.2. The standard InChI is InChI=1S/C43H50N6O6/c1-30(2)21-22-34(27-50)23-40(51)46-49(25-32-13-6-4-7-14-32)42(53)38(45-43(54)55-28-33-15-8-5-9-16-33)24-36-26-47(41(52)31(3)44)29-48(36)39-20-12-18-35-17-10-11-19-37(35)39/h4-20,26-27,30-31,34,38H,21-25,28-29,44H2,1-3H3,(H,45,54)(H,46,51)/t31-,34-,38-/m0/s1. The number of nitrogens with one attached hydrogen (secondary N) is 2. The number of nitrogens with zero attached hydrogens (tertiary/aromatic N) is 3. The molecule has 0 aliphatic carbocycles. The topological polar surface area (TPSA) is 154 Å². The predicted molar refractivity (Wildman–Crippen MR) is 211 cm³/mol. The summed E-state index contributed by atoms with van der Waals surface area (Å²) in [5, 5.41) is 5.83. The number of carbonyl (C=O) groups excluding carboxylic acids is 5. The Hall–Kier alpha value is -6.01. The summed E-state index contributed by atoms with van der Waals surface area (Å²) >= 11 is 0. The smallest absolute Gasteiger partial charge is 0.408 e. The Morgan fingerprint density at radius 2 is 1.51 bits per heavy atom. The lowest BCUT2D eigenvalue weighted by Crippen LogP contribution is -2.55. The maximum Gasteiger partial charge on any atom is 0.408 e. The highest BCUT2D eigenvalue weighted by Crippen LogP contribution is 2.34. The van der Waals surface area contributed by atoms with Gasteiger partial charge in [-0.15, -0.1) is 0 Å². The van der Waals surface area contributed by atoms with Crippen LogP contribution in [0.15, 0.2) is 115 Å². The summed E-state index contributed by atoms with van der Waals surface area (Å²) in [5.74, 6) is -1.63. The van der Waals surface area contributed by atoms with Crippen LogP contribution in [0.1, 0.15) is 57.6 Å². The van der Waals surface area contributed by atoms with E-state index in [4.69, 9.17) is 10.5 Å². The van der Waals surface area contributed by atoms with Crippen molar-refractivity contribution in [3.8, 4) is 0 Å². The number of benzene rings is 4. The molecule has 12 heteroatoms. The van der Waals surface area contributed by atoms with Gasteiger partial charge in [0.05, 0.1) is 18.3 Å². The molecule has 288 valence electrons. The van der Waals surface area contributed by atoms with Crippen LogP contribution in [0.5, 0.6) is 0 Å². The van der Waals surface area contributed by atoms with Gasteiger partial charge in [0.15, 0.2) is 0 Å². The fourth-order valence-corrected chi connectivity index (χ4v) is 6.41. The third kappa shape index (κ3) is 11.2. The molecular formula is C43H50N6O6. The second-order valence-corrected chi connectivity index (χ2v) is 14.3. The van der Waals surface area contributed by atoms with Gasteiger partial charge in [-0.1, -0.05) is 117 Å². The van der Waals surface area contributed by atoms with Crippen LogP contribution in [-0.2, 0) is 37.1 Å². The number of hydrazine groups is 1. The lowest BCUT2D eigenvalue weighted by atomic mass is 9.96. The first-order valence-electron chi connectivity index (χ1n) is 18.6. The first-order valence-corrected chi connectivity index (χ1v) is 18.6. The average molecular weight is 747 g/mol. The minimum Gasteiger partial charge on any atom is -0.445 e. The van der Waals surface area contributed by atoms with Crippen molar-refractivity contribution in [3.05, 3.63) is 126 Å². The number of ether oxygens (including phenoxy) is 1. The zero-order chi connectivity index (χ0) is 39.3. The molecule has 5 rings (SSSR count). The minimum atomic E-state index is -1.27. The molecule has 3 atom stereocenters. The van der Waals surface area contributed by atoms with Gasteiger partial charge < -0.3 is 25.5 Å². The SMILES string of the molecule is CC(C)CC[C@H](C=O)CC(=O)NN(Cc1ccccc1)C(=O)[C@H](CC1=CN(C(=O)[C@H](C)N)CN1c1cccc2ccccc12)NC(=O)OCc1ccccc1. The van der Waals surface area contributed by atoms with Crippen molar-refractivity contribution in [1.82, 2.24) is 20.7 Å². The van der Waals surface area contributed by atoms with Crippen LogP contribution in [0, 0.1) is 11.8 Å². The van der Waals surface area contributed by atoms with E-state index in [1.54, 1.807) is 13.1 Å². The Kier molecular flexibility index (Phi) is 14.1. The van der Waals surface area contributed by atoms with E-state index < -0.39 is 35.9 Å². The van der Waals surface area contributed by atoms with E-state index in [2.05, 4.69) is 10.7 Å². The van der Waals surface area contributed by atoms with Gasteiger partial charge in [-0.2, -0.15) is 0 Å². The number of amides is 4. The molecule has 55 heavy (non-hydrogen) atoms. The molecule has 0 unspecified atom stereocenters. The van der Waals surface area contributed by atoms with Crippen molar-refractivity contribution in [3.63, 3.8) is 0 Å². The lowest BCUT2D eigenvalue weighted by molar-refractivity contribution is -0.144. The maximum atomic E-state index is 14.8. The van der Waals surface area contributed by atoms with Gasteiger partial charge in [0.25, 0.3) is 5.91 Å². The van der Waals surface area contributed by atoms with Crippen molar-refractivity contribution < 1.29 is 28.7 Å². The highest BCUT2D eigenvalue weighted by molar-refractivity contribution is 5.96. The van der Waals surface area contributed by atoms with Crippen molar-refractivity contribution in [1.29, 1.82) is 0 Å². The number of alkyl carbamates (subject to hydrolysis) is 1. The quantitative estimate of drug-likeness (QED) is 0.0930. The monoisotopic (exact) mass is 746 g/mol. The molecule has 0 fully saturated rings. The van der Waals surface area contributed by atoms with Gasteiger partial charge in [0, 0.05) is 36.0 Å². The summed E-state index contributed by atoms with van der Waals surface area (Å²) in [4.78, 5) is 70.3. The van der Waals surface area contributed by atoms with Crippen LogP contribution < -0.4 is 21.4 Å². The number of rotatable bonds is 16. The van der Waals surface area contributed by atoms with Gasteiger partial charge in [-0.3, -0.25) is 24.7 Å². The van der Waals surface area contributed by atoms with E-state index in [1.807, 2.05) is 122 Å². The minimum absolute atomic E-state index is 0.0260. The third-order valence-corrected chi connectivity index (χ3v) is 9.36. The van der Waals surface area contributed by atoms with Crippen molar-refractivity contribution >= 4 is 46.6 Å². The molecule has 0 aromatic heterocycles. The van der Waals surface area contributed by atoms with Crippen LogP contribution in [-0.4, -0.2) is 58.8 Å². The Morgan fingerprint density at radius 3 is 2.18 bits per heavy atom. The zero-order valence-corrected chi connectivity index (χ0v) is 31.6. The van der Waals surface area contributed by atoms with Crippen molar-refractivity contribution in [2.75, 3.05) is 11.6 Å². The van der Waals surface area contributed by atoms with Gasteiger partial charge in [0.2, 0.25) is 11.8 Å². The Balaban J connectivity index is 1.49. The summed E-state index contributed by atoms with van der Waals surface area (Å²) < 4.78 is 5.56. The molecule has 1 heterocycles. The molecule has 4 aromatic carbocycles. The van der Waals surface area contributed by atoms with Gasteiger partial charge in [-0.25, -0.2) is 9.80 Å². The molecule has 0 radical (unpaired) electrons. The lowest BCUT2D eigenvalue weighted by Gasteiger charge is -2.31. The van der Waals surface area contributed by atoms with E-state index in [1.165, 1.54) is 9.91 Å². The van der Waals surface area contributed by atoms with E-state index in [0.29, 0.717) is 18.0 Å². The Morgan fingerprint density at radius 1 is 0.855 bits per heavy atom. The van der Waals surface area contributed by atoms with Crippen molar-refractivity contribution in [2.45, 2.75) is 71.7 Å². The molecule has 0 saturated heterocycles. The van der Waals surface area contributed by atoms with Crippen molar-refractivity contribution in [2.24, 2.45) is 17.6 Å². The summed E-state index contributed by atoms with van der Waals surface area (Å²) in [6, 6.07) is 29.9. The zero-order valence-electron chi connectivity index (χ0n) is 31.6. The Labute approximate surface area is 322 Å². The van der Waals surface area contributed by atoms with E-state index >= 15 is 0 Å². The number of aldehydes is 1. The molecule has 0 bridgehead atoms. The molecule has 1 aliphatic rings. The fourth-order valence-electron chi connectivity index (χ4n) is 6.41. The van der Waals surface area contributed by atoms with Gasteiger partial charge >= 0.3 is 6.09 Å². The number of nitrogens with two attached hydrogens (primary N) is 1. The van der Waals surface area contributed by atoms with Crippen LogP contribution in [0.3, 0.4) is 0 Å². The Bertz CT molecular complexity index is 1960. The molecule has 0 spiro atoms. The molecular weight excluding hydrogens is 697 g/mol. The summed E-state index contributed by atoms with van der Waals surface area (Å²) in [5.41, 5.74) is 11.6. The second kappa shape index (κ2) is 19.4. The van der Waals surface area contributed by atoms with Gasteiger partial charge in [0.1, 0.15) is 25.6 Å². The molecule has 0 saturated carbocycles. The first-order chi connectivity index (χ1) is 26.5. The molecule has 4 aromatic rings. The highest BCUT2D eigenvalue weighted by Gasteiger charge is 2.35. The summed E-state index contributed by atoms with van der Waals surface area (Å²) in [6.45, 7) is 5.76. The third-order valence-electron chi connectivity index (χ3n) is 9.36. The van der Waals surface area contributed by atoms with Crippen LogP contribution in [0.2, 0.25) is 0 Å². The number of hydrogen-bond acceptors (Lipinski definition) is 8. The number of carbonyl (C=O) groups is 5. The fraction of sp³-hybridized carbons (Fsp3) is 0.326. The van der Waals surface area contributed by atoms with Gasteiger partial charge in [-0.05, 0) is 41.8 Å². The number of anilines is 1. The maximum absolute atomic E-state index is 14.8. The first kappa shape index (κ1) is 40.2. The van der Waals surface area contributed by atoms with E-state index in [9.17, 15) is 24.0 Å². The molecule has 1 aliphatic heterocycles. The summed E-state index contributed by atoms with van der Waals surface area (Å²) in [6.07, 6.45) is 2.69. The number of hydrogen-bond donors (Lipinski definition) is 3. The van der Waals surface area contributed by atoms with Crippen LogP contribution in [0.25, 0.3) is 10.8 Å². The van der Waals surface area contributed by atoms with Crippen LogP contribution >= 0.6 is 0 Å². The highest BCUT2D eigenvalue weighted by atomic mass is 16.5. The molecule has 12 nitrogen and oxygen atoms in total. The molecule has 4 N–H and O–H groups in total. The largest absolute Gasteiger partial charge is 0.445 e. The number of fused-ring (bicyclic) bond motifs is 1. The second-order valence-electron chi connectivity index (χ2n) is 14.3. The van der Waals surface area contributed by atoms with E-state index in [-0.39, 0.29) is 38.6 Å². The average Bonchev–Trinajstić information content (AvgIpc) is 3.61. The van der Waals surface area contributed by atoms with Crippen LogP contribution in [0.4, 0.5) is 10.5 Å². The molecule has 4 amide bonds. The predicted octanol–water partition coefficient (Wildman–Crippen LogP) is 6.02.